The minimum atomic E-state index is -2.45. The third-order valence-corrected chi connectivity index (χ3v) is 4.05. The molecule has 1 atom stereocenters. The first-order valence-corrected chi connectivity index (χ1v) is 7.75. The van der Waals surface area contributed by atoms with Crippen LogP contribution < -0.4 is 5.73 Å². The lowest BCUT2D eigenvalue weighted by molar-refractivity contribution is 0.0789. The number of thioether (sulfide) groups is 1. The molecule has 0 radical (unpaired) electrons. The molecule has 1 aromatic rings. The van der Waals surface area contributed by atoms with E-state index in [1.165, 1.54) is 12.1 Å². The van der Waals surface area contributed by atoms with E-state index in [9.17, 15) is 13.6 Å². The second-order valence-corrected chi connectivity index (χ2v) is 6.39. The average molecular weight is 353 g/mol. The fourth-order valence-electron chi connectivity index (χ4n) is 1.78. The Labute approximate surface area is 141 Å². The molecule has 0 heterocycles. The van der Waals surface area contributed by atoms with E-state index in [-0.39, 0.29) is 24.4 Å². The average Bonchev–Trinajstić information content (AvgIpc) is 2.43. The number of nitrogens with zero attached hydrogens (tertiary/aromatic N) is 1. The molecule has 0 saturated carbocycles. The number of carbonyl (C=O) groups excluding carboxylic acids is 1. The highest BCUT2D eigenvalue weighted by Gasteiger charge is 2.15. The van der Waals surface area contributed by atoms with E-state index in [0.717, 1.165) is 6.42 Å². The first kappa shape index (κ1) is 21.1. The molecule has 0 aliphatic rings. The van der Waals surface area contributed by atoms with Crippen LogP contribution in [0.25, 0.3) is 0 Å². The van der Waals surface area contributed by atoms with Gasteiger partial charge in [0.25, 0.3) is 11.7 Å². The maximum atomic E-state index is 12.2. The molecule has 0 saturated heterocycles. The smallest absolute Gasteiger partial charge is 0.288 e. The molecule has 1 amide bonds. The van der Waals surface area contributed by atoms with E-state index in [0.29, 0.717) is 34.7 Å². The van der Waals surface area contributed by atoms with Gasteiger partial charge in [-0.3, -0.25) is 4.79 Å². The summed E-state index contributed by atoms with van der Waals surface area (Å²) in [4.78, 5) is 14.2. The van der Waals surface area contributed by atoms with Crippen molar-refractivity contribution in [3.05, 3.63) is 29.8 Å². The number of carbonyl (C=O) groups is 1. The number of hydrogen-bond donors (Lipinski definition) is 1. The van der Waals surface area contributed by atoms with Crippen LogP contribution in [0.2, 0.25) is 0 Å². The number of halogens is 3. The third-order valence-electron chi connectivity index (χ3n) is 3.33. The molecule has 0 bridgehead atoms. The maximum Gasteiger partial charge on any atom is 0.288 e. The van der Waals surface area contributed by atoms with E-state index in [4.69, 9.17) is 5.73 Å². The van der Waals surface area contributed by atoms with Gasteiger partial charge in [-0.2, -0.15) is 8.78 Å². The predicted octanol–water partition coefficient (Wildman–Crippen LogP) is 3.87. The summed E-state index contributed by atoms with van der Waals surface area (Å²) in [5.74, 6) is -2.20. The number of nitrogens with two attached hydrogens (primary N) is 1. The van der Waals surface area contributed by atoms with E-state index < -0.39 is 5.76 Å². The van der Waals surface area contributed by atoms with Crippen molar-refractivity contribution in [1.29, 1.82) is 0 Å². The zero-order valence-electron chi connectivity index (χ0n) is 13.0. The largest absolute Gasteiger partial charge is 0.342 e. The Balaban J connectivity index is 0.00000441. The number of alkyl halides is 2. The van der Waals surface area contributed by atoms with E-state index >= 15 is 0 Å². The zero-order chi connectivity index (χ0) is 16.0. The van der Waals surface area contributed by atoms with Gasteiger partial charge in [0.15, 0.2) is 0 Å². The van der Waals surface area contributed by atoms with Gasteiger partial charge in [0.1, 0.15) is 0 Å². The Hall–Kier alpha value is -0.850. The second kappa shape index (κ2) is 10.0. The SMILES string of the molecule is CC(C)C(N)CCN(C)C(=O)c1ccc(SC(F)F)cc1.Cl. The van der Waals surface area contributed by atoms with Crippen LogP contribution in [0.15, 0.2) is 29.2 Å². The molecule has 1 unspecified atom stereocenters. The molecule has 126 valence electrons. The summed E-state index contributed by atoms with van der Waals surface area (Å²) < 4.78 is 24.5. The molecule has 0 spiro atoms. The fourth-order valence-corrected chi connectivity index (χ4v) is 2.28. The maximum absolute atomic E-state index is 12.2. The Morgan fingerprint density at radius 1 is 1.27 bits per heavy atom. The molecule has 7 heteroatoms. The van der Waals surface area contributed by atoms with Crippen molar-refractivity contribution in [2.45, 2.75) is 37.0 Å². The normalized spacial score (nSPS) is 12.2. The van der Waals surface area contributed by atoms with Crippen molar-refractivity contribution in [1.82, 2.24) is 4.90 Å². The molecule has 0 aromatic heterocycles. The molecule has 0 aliphatic heterocycles. The third kappa shape index (κ3) is 6.94. The van der Waals surface area contributed by atoms with Crippen LogP contribution >= 0.6 is 24.2 Å². The first-order valence-electron chi connectivity index (χ1n) is 6.87. The van der Waals surface area contributed by atoms with Gasteiger partial charge in [0.2, 0.25) is 0 Å². The van der Waals surface area contributed by atoms with Gasteiger partial charge >= 0.3 is 0 Å². The predicted molar refractivity (Wildman–Crippen MR) is 89.9 cm³/mol. The summed E-state index contributed by atoms with van der Waals surface area (Å²) in [6.45, 7) is 4.67. The van der Waals surface area contributed by atoms with Crippen molar-refractivity contribution < 1.29 is 13.6 Å². The van der Waals surface area contributed by atoms with Gasteiger partial charge in [-0.25, -0.2) is 0 Å². The van der Waals surface area contributed by atoms with Crippen LogP contribution in [0.1, 0.15) is 30.6 Å². The molecule has 1 rings (SSSR count). The summed E-state index contributed by atoms with van der Waals surface area (Å²) in [5.41, 5.74) is 6.45. The fraction of sp³-hybridized carbons (Fsp3) is 0.533. The molecular formula is C15H23ClF2N2OS. The van der Waals surface area contributed by atoms with Crippen LogP contribution in [0.5, 0.6) is 0 Å². The number of amides is 1. The van der Waals surface area contributed by atoms with Crippen molar-refractivity contribution in [3.63, 3.8) is 0 Å². The van der Waals surface area contributed by atoms with Crippen LogP contribution in [0.4, 0.5) is 8.78 Å². The van der Waals surface area contributed by atoms with Crippen molar-refractivity contribution >= 4 is 30.1 Å². The lowest BCUT2D eigenvalue weighted by Crippen LogP contribution is -2.34. The van der Waals surface area contributed by atoms with Gasteiger partial charge in [0.05, 0.1) is 0 Å². The summed E-state index contributed by atoms with van der Waals surface area (Å²) in [7, 11) is 1.72. The number of benzene rings is 1. The number of rotatable bonds is 7. The number of hydrogen-bond acceptors (Lipinski definition) is 3. The Kier molecular flexibility index (Phi) is 9.64. The Morgan fingerprint density at radius 2 is 1.82 bits per heavy atom. The Morgan fingerprint density at radius 3 is 2.27 bits per heavy atom. The van der Waals surface area contributed by atoms with Crippen LogP contribution in [0.3, 0.4) is 0 Å². The molecule has 0 aliphatic carbocycles. The summed E-state index contributed by atoms with van der Waals surface area (Å²) in [6.07, 6.45) is 0.735. The minimum Gasteiger partial charge on any atom is -0.342 e. The highest BCUT2D eigenvalue weighted by Crippen LogP contribution is 2.25. The van der Waals surface area contributed by atoms with Crippen LogP contribution in [-0.2, 0) is 0 Å². The van der Waals surface area contributed by atoms with E-state index in [1.54, 1.807) is 24.1 Å². The summed E-state index contributed by atoms with van der Waals surface area (Å²) in [6, 6.07) is 6.29. The standard InChI is InChI=1S/C15H22F2N2OS.ClH/c1-10(2)13(18)8-9-19(3)14(20)11-4-6-12(7-5-11)21-15(16)17;/h4-7,10,13,15H,8-9,18H2,1-3H3;1H. The first-order chi connectivity index (χ1) is 9.81. The van der Waals surface area contributed by atoms with Gasteiger partial charge < -0.3 is 10.6 Å². The van der Waals surface area contributed by atoms with Gasteiger partial charge in [-0.15, -0.1) is 12.4 Å². The highest BCUT2D eigenvalue weighted by molar-refractivity contribution is 7.99. The van der Waals surface area contributed by atoms with E-state index in [2.05, 4.69) is 0 Å². The highest BCUT2D eigenvalue weighted by atomic mass is 35.5. The zero-order valence-corrected chi connectivity index (χ0v) is 14.6. The van der Waals surface area contributed by atoms with Gasteiger partial charge in [-0.05, 0) is 36.6 Å². The quantitative estimate of drug-likeness (QED) is 0.758. The lowest BCUT2D eigenvalue weighted by Gasteiger charge is -2.21. The molecule has 2 N–H and O–H groups in total. The monoisotopic (exact) mass is 352 g/mol. The second-order valence-electron chi connectivity index (χ2n) is 5.33. The minimum absolute atomic E-state index is 0. The van der Waals surface area contributed by atoms with Crippen molar-refractivity contribution in [3.8, 4) is 0 Å². The van der Waals surface area contributed by atoms with E-state index in [1.807, 2.05) is 13.8 Å². The van der Waals surface area contributed by atoms with Crippen LogP contribution in [-0.4, -0.2) is 36.2 Å². The molecule has 3 nitrogen and oxygen atoms in total. The van der Waals surface area contributed by atoms with Crippen molar-refractivity contribution in [2.75, 3.05) is 13.6 Å². The van der Waals surface area contributed by atoms with Gasteiger partial charge in [-0.1, -0.05) is 25.6 Å². The topological polar surface area (TPSA) is 46.3 Å². The summed E-state index contributed by atoms with van der Waals surface area (Å²) >= 11 is 0.470. The summed E-state index contributed by atoms with van der Waals surface area (Å²) in [5, 5.41) is 0. The van der Waals surface area contributed by atoms with Crippen molar-refractivity contribution in [2.24, 2.45) is 11.7 Å². The van der Waals surface area contributed by atoms with Gasteiger partial charge in [0, 0.05) is 30.1 Å². The molecular weight excluding hydrogens is 330 g/mol. The molecule has 22 heavy (non-hydrogen) atoms. The molecule has 1 aromatic carbocycles. The Bertz CT molecular complexity index is 457. The lowest BCUT2D eigenvalue weighted by atomic mass is 10.0. The molecule has 0 fully saturated rings. The van der Waals surface area contributed by atoms with Crippen LogP contribution in [0, 0.1) is 5.92 Å².